The van der Waals surface area contributed by atoms with Crippen LogP contribution in [0.1, 0.15) is 35.9 Å². The summed E-state index contributed by atoms with van der Waals surface area (Å²) < 4.78 is 0. The monoisotopic (exact) mass is 266 g/mol. The zero-order valence-electron chi connectivity index (χ0n) is 10.5. The van der Waals surface area contributed by atoms with E-state index in [4.69, 9.17) is 0 Å². The summed E-state index contributed by atoms with van der Waals surface area (Å²) in [5, 5.41) is 4.61. The number of amides is 2. The topological polar surface area (TPSA) is 49.4 Å². The molecule has 1 atom stereocenters. The third-order valence-electron chi connectivity index (χ3n) is 3.13. The maximum Gasteiger partial charge on any atom is 0.261 e. The third kappa shape index (κ3) is 3.10. The minimum Gasteiger partial charge on any atom is -0.341 e. The molecule has 1 aromatic rings. The maximum atomic E-state index is 12.1. The lowest BCUT2D eigenvalue weighted by Crippen LogP contribution is -2.48. The molecule has 1 N–H and O–H groups in total. The zero-order valence-corrected chi connectivity index (χ0v) is 11.3. The molecular weight excluding hydrogens is 248 g/mol. The number of thiophene rings is 1. The number of likely N-dealkylation sites (tertiary alicyclic amines) is 1. The minimum absolute atomic E-state index is 0.0274. The Kier molecular flexibility index (Phi) is 4.36. The molecule has 4 nitrogen and oxygen atoms in total. The highest BCUT2D eigenvalue weighted by molar-refractivity contribution is 7.12. The second-order valence-corrected chi connectivity index (χ2v) is 5.51. The van der Waals surface area contributed by atoms with Gasteiger partial charge in [0.05, 0.1) is 4.88 Å². The van der Waals surface area contributed by atoms with Crippen LogP contribution in [-0.4, -0.2) is 35.8 Å². The first kappa shape index (κ1) is 13.1. The van der Waals surface area contributed by atoms with Crippen molar-refractivity contribution in [2.45, 2.75) is 32.2 Å². The molecule has 0 bridgehead atoms. The van der Waals surface area contributed by atoms with Gasteiger partial charge >= 0.3 is 0 Å². The van der Waals surface area contributed by atoms with E-state index in [1.54, 1.807) is 13.0 Å². The molecule has 1 fully saturated rings. The highest BCUT2D eigenvalue weighted by atomic mass is 32.1. The lowest BCUT2D eigenvalue weighted by Gasteiger charge is -2.29. The van der Waals surface area contributed by atoms with Crippen LogP contribution in [0, 0.1) is 0 Å². The smallest absolute Gasteiger partial charge is 0.261 e. The van der Waals surface area contributed by atoms with Crippen molar-refractivity contribution in [3.05, 3.63) is 22.4 Å². The number of carbonyl (C=O) groups is 2. The van der Waals surface area contributed by atoms with Crippen LogP contribution in [0.3, 0.4) is 0 Å². The van der Waals surface area contributed by atoms with Gasteiger partial charge in [-0.1, -0.05) is 6.07 Å². The molecule has 2 rings (SSSR count). The summed E-state index contributed by atoms with van der Waals surface area (Å²) in [6, 6.07) is 3.15. The lowest BCUT2D eigenvalue weighted by molar-refractivity contribution is -0.133. The van der Waals surface area contributed by atoms with Crippen LogP contribution in [0.5, 0.6) is 0 Å². The van der Waals surface area contributed by atoms with Gasteiger partial charge in [-0.2, -0.15) is 0 Å². The molecule has 2 heterocycles. The van der Waals surface area contributed by atoms with Gasteiger partial charge in [-0.25, -0.2) is 0 Å². The Morgan fingerprint density at radius 3 is 2.67 bits per heavy atom. The normalized spacial score (nSPS) is 17.3. The zero-order chi connectivity index (χ0) is 13.0. The molecule has 0 aliphatic carbocycles. The van der Waals surface area contributed by atoms with Crippen LogP contribution in [0.25, 0.3) is 0 Å². The van der Waals surface area contributed by atoms with Gasteiger partial charge in [0.15, 0.2) is 0 Å². The first-order valence-electron chi connectivity index (χ1n) is 6.31. The van der Waals surface area contributed by atoms with Gasteiger partial charge in [0.25, 0.3) is 5.91 Å². The highest BCUT2D eigenvalue weighted by Crippen LogP contribution is 2.11. The fraction of sp³-hybridized carbons (Fsp3) is 0.538. The van der Waals surface area contributed by atoms with Crippen LogP contribution in [0.15, 0.2) is 17.5 Å². The number of nitrogens with one attached hydrogen (secondary N) is 1. The molecule has 0 unspecified atom stereocenters. The molecule has 2 amide bonds. The Balaban J connectivity index is 1.88. The summed E-state index contributed by atoms with van der Waals surface area (Å²) in [5.74, 6) is -0.137. The molecule has 0 spiro atoms. The van der Waals surface area contributed by atoms with E-state index < -0.39 is 6.04 Å². The van der Waals surface area contributed by atoms with Gasteiger partial charge in [0, 0.05) is 13.1 Å². The minimum atomic E-state index is -0.447. The Labute approximate surface area is 111 Å². The largest absolute Gasteiger partial charge is 0.341 e. The van der Waals surface area contributed by atoms with Crippen LogP contribution in [-0.2, 0) is 4.79 Å². The van der Waals surface area contributed by atoms with Gasteiger partial charge in [-0.15, -0.1) is 11.3 Å². The van der Waals surface area contributed by atoms with Crippen molar-refractivity contribution in [2.24, 2.45) is 0 Å². The van der Waals surface area contributed by atoms with Gasteiger partial charge in [0.1, 0.15) is 6.04 Å². The van der Waals surface area contributed by atoms with Crippen LogP contribution >= 0.6 is 11.3 Å². The Morgan fingerprint density at radius 1 is 1.33 bits per heavy atom. The summed E-state index contributed by atoms with van der Waals surface area (Å²) in [6.45, 7) is 3.39. The summed E-state index contributed by atoms with van der Waals surface area (Å²) in [6.07, 6.45) is 3.33. The van der Waals surface area contributed by atoms with Crippen molar-refractivity contribution < 1.29 is 9.59 Å². The Bertz CT molecular complexity index is 411. The number of nitrogens with zero attached hydrogens (tertiary/aromatic N) is 1. The van der Waals surface area contributed by atoms with Gasteiger partial charge in [-0.05, 0) is 37.6 Å². The van der Waals surface area contributed by atoms with Crippen molar-refractivity contribution in [1.29, 1.82) is 0 Å². The molecule has 0 saturated carbocycles. The van der Waals surface area contributed by atoms with Crippen LogP contribution < -0.4 is 5.32 Å². The van der Waals surface area contributed by atoms with E-state index in [9.17, 15) is 9.59 Å². The molecular formula is C13H18N2O2S. The van der Waals surface area contributed by atoms with Crippen molar-refractivity contribution >= 4 is 23.2 Å². The predicted molar refractivity (Wildman–Crippen MR) is 71.7 cm³/mol. The quantitative estimate of drug-likeness (QED) is 0.908. The van der Waals surface area contributed by atoms with Gasteiger partial charge < -0.3 is 10.2 Å². The second-order valence-electron chi connectivity index (χ2n) is 4.56. The predicted octanol–water partition coefficient (Wildman–Crippen LogP) is 1.88. The van der Waals surface area contributed by atoms with E-state index in [0.717, 1.165) is 25.9 Å². The number of hydrogen-bond donors (Lipinski definition) is 1. The number of rotatable bonds is 3. The van der Waals surface area contributed by atoms with Crippen molar-refractivity contribution in [2.75, 3.05) is 13.1 Å². The molecule has 1 aliphatic rings. The summed E-state index contributed by atoms with van der Waals surface area (Å²) in [4.78, 5) is 26.4. The van der Waals surface area contributed by atoms with E-state index in [0.29, 0.717) is 4.88 Å². The van der Waals surface area contributed by atoms with Crippen molar-refractivity contribution in [1.82, 2.24) is 10.2 Å². The lowest BCUT2D eigenvalue weighted by atomic mass is 10.1. The van der Waals surface area contributed by atoms with Crippen LogP contribution in [0.2, 0.25) is 0 Å². The van der Waals surface area contributed by atoms with Crippen molar-refractivity contribution in [3.8, 4) is 0 Å². The number of carbonyl (C=O) groups excluding carboxylic acids is 2. The van der Waals surface area contributed by atoms with Gasteiger partial charge in [0.2, 0.25) is 5.91 Å². The average Bonchev–Trinajstić information content (AvgIpc) is 2.92. The molecule has 18 heavy (non-hydrogen) atoms. The standard InChI is InChI=1S/C13H18N2O2S/c1-10(13(17)15-7-3-2-4-8-15)14-12(16)11-6-5-9-18-11/h5-6,9-10H,2-4,7-8H2,1H3,(H,14,16)/t10-/m1/s1. The fourth-order valence-electron chi connectivity index (χ4n) is 2.13. The molecule has 1 aromatic heterocycles. The SMILES string of the molecule is C[C@@H](NC(=O)c1cccs1)C(=O)N1CCCCC1. The second kappa shape index (κ2) is 6.00. The van der Waals surface area contributed by atoms with Crippen molar-refractivity contribution in [3.63, 3.8) is 0 Å². The molecule has 1 saturated heterocycles. The summed E-state index contributed by atoms with van der Waals surface area (Å²) >= 11 is 1.38. The first-order valence-corrected chi connectivity index (χ1v) is 7.19. The highest BCUT2D eigenvalue weighted by Gasteiger charge is 2.23. The number of hydrogen-bond acceptors (Lipinski definition) is 3. The van der Waals surface area contributed by atoms with E-state index in [1.807, 2.05) is 16.3 Å². The van der Waals surface area contributed by atoms with E-state index >= 15 is 0 Å². The Hall–Kier alpha value is -1.36. The molecule has 98 valence electrons. The summed E-state index contributed by atoms with van der Waals surface area (Å²) in [5.41, 5.74) is 0. The van der Waals surface area contributed by atoms with Gasteiger partial charge in [-0.3, -0.25) is 9.59 Å². The third-order valence-corrected chi connectivity index (χ3v) is 4.00. The molecule has 1 aliphatic heterocycles. The molecule has 0 aromatic carbocycles. The molecule has 5 heteroatoms. The number of piperidine rings is 1. The average molecular weight is 266 g/mol. The maximum absolute atomic E-state index is 12.1. The Morgan fingerprint density at radius 2 is 2.06 bits per heavy atom. The van der Waals surface area contributed by atoms with Crippen LogP contribution in [0.4, 0.5) is 0 Å². The van der Waals surface area contributed by atoms with E-state index in [2.05, 4.69) is 5.32 Å². The first-order chi connectivity index (χ1) is 8.68. The van der Waals surface area contributed by atoms with E-state index in [-0.39, 0.29) is 11.8 Å². The molecule has 0 radical (unpaired) electrons. The van der Waals surface area contributed by atoms with E-state index in [1.165, 1.54) is 17.8 Å². The fourth-order valence-corrected chi connectivity index (χ4v) is 2.75. The summed E-state index contributed by atoms with van der Waals surface area (Å²) in [7, 11) is 0.